The molecule has 0 amide bonds. The molecular weight excluding hydrogens is 250 g/mol. The summed E-state index contributed by atoms with van der Waals surface area (Å²) < 4.78 is 0.953. The van der Waals surface area contributed by atoms with E-state index in [-0.39, 0.29) is 13.2 Å². The fourth-order valence-electron chi connectivity index (χ4n) is 1.75. The van der Waals surface area contributed by atoms with Crippen molar-refractivity contribution in [2.45, 2.75) is 25.8 Å². The number of aryl methyl sites for hydroxylation is 1. The monoisotopic (exact) mass is 267 g/mol. The minimum Gasteiger partial charge on any atom is -0.394 e. The molecule has 0 spiro atoms. The Kier molecular flexibility index (Phi) is 3.79. The summed E-state index contributed by atoms with van der Waals surface area (Å²) in [6.45, 7) is 3.63. The predicted octanol–water partition coefficient (Wildman–Crippen LogP) is 1.55. The molecular formula is C12H17N3O2S. The summed E-state index contributed by atoms with van der Waals surface area (Å²) in [6, 6.07) is 0. The molecule has 98 valence electrons. The van der Waals surface area contributed by atoms with Crippen LogP contribution in [0.4, 0.5) is 5.82 Å². The first-order valence-electron chi connectivity index (χ1n) is 5.84. The first-order valence-corrected chi connectivity index (χ1v) is 6.72. The molecule has 0 unspecified atom stereocenters. The summed E-state index contributed by atoms with van der Waals surface area (Å²) in [5, 5.41) is 24.1. The largest absolute Gasteiger partial charge is 0.394 e. The Morgan fingerprint density at radius 3 is 2.67 bits per heavy atom. The van der Waals surface area contributed by atoms with Gasteiger partial charge in [-0.1, -0.05) is 6.92 Å². The third-order valence-corrected chi connectivity index (χ3v) is 4.29. The van der Waals surface area contributed by atoms with Gasteiger partial charge >= 0.3 is 0 Å². The first-order chi connectivity index (χ1) is 8.65. The minimum atomic E-state index is -0.737. The van der Waals surface area contributed by atoms with Crippen molar-refractivity contribution in [3.05, 3.63) is 17.3 Å². The van der Waals surface area contributed by atoms with Gasteiger partial charge in [0, 0.05) is 0 Å². The second-order valence-corrected chi connectivity index (χ2v) is 5.27. The fraction of sp³-hybridized carbons (Fsp3) is 0.500. The highest BCUT2D eigenvalue weighted by atomic mass is 32.1. The number of fused-ring (bicyclic) bond motifs is 1. The number of hydrogen-bond acceptors (Lipinski definition) is 6. The molecule has 0 aliphatic carbocycles. The summed E-state index contributed by atoms with van der Waals surface area (Å²) >= 11 is 1.56. The lowest BCUT2D eigenvalue weighted by molar-refractivity contribution is 0.132. The third-order valence-electron chi connectivity index (χ3n) is 3.20. The van der Waals surface area contributed by atoms with E-state index in [1.807, 2.05) is 19.2 Å². The van der Waals surface area contributed by atoms with E-state index in [4.69, 9.17) is 0 Å². The van der Waals surface area contributed by atoms with Crippen LogP contribution in [0.15, 0.2) is 11.7 Å². The standard InChI is InChI=1S/C12H17N3O2S/c1-3-12(5-16,6-17)15-11-10-9(13-7-14-11)8(2)4-18-10/h4,7,16-17H,3,5-6H2,1-2H3,(H,13,14,15). The predicted molar refractivity (Wildman–Crippen MR) is 73.0 cm³/mol. The van der Waals surface area contributed by atoms with E-state index in [0.717, 1.165) is 15.8 Å². The molecule has 0 aliphatic heterocycles. The zero-order valence-electron chi connectivity index (χ0n) is 10.5. The van der Waals surface area contributed by atoms with Crippen LogP contribution in [0.2, 0.25) is 0 Å². The number of aliphatic hydroxyl groups is 2. The van der Waals surface area contributed by atoms with Crippen LogP contribution < -0.4 is 5.32 Å². The van der Waals surface area contributed by atoms with Gasteiger partial charge in [-0.2, -0.15) is 0 Å². The number of aliphatic hydroxyl groups excluding tert-OH is 2. The van der Waals surface area contributed by atoms with Crippen molar-refractivity contribution in [2.24, 2.45) is 0 Å². The maximum atomic E-state index is 9.45. The van der Waals surface area contributed by atoms with Gasteiger partial charge in [0.05, 0.1) is 29.0 Å². The van der Waals surface area contributed by atoms with Crippen molar-refractivity contribution in [3.8, 4) is 0 Å². The van der Waals surface area contributed by atoms with Crippen molar-refractivity contribution in [1.82, 2.24) is 9.97 Å². The average Bonchev–Trinajstić information content (AvgIpc) is 2.79. The molecule has 2 rings (SSSR count). The molecule has 2 heterocycles. The molecule has 0 saturated heterocycles. The van der Waals surface area contributed by atoms with Gasteiger partial charge in [0.1, 0.15) is 12.1 Å². The van der Waals surface area contributed by atoms with Crippen LogP contribution in [-0.2, 0) is 0 Å². The molecule has 0 radical (unpaired) electrons. The van der Waals surface area contributed by atoms with Crippen LogP contribution in [0.3, 0.4) is 0 Å². The number of nitrogens with one attached hydrogen (secondary N) is 1. The maximum Gasteiger partial charge on any atom is 0.148 e. The Bertz CT molecular complexity index is 529. The molecule has 0 atom stereocenters. The van der Waals surface area contributed by atoms with Crippen molar-refractivity contribution in [2.75, 3.05) is 18.5 Å². The van der Waals surface area contributed by atoms with Gasteiger partial charge in [0.2, 0.25) is 0 Å². The van der Waals surface area contributed by atoms with Crippen LogP contribution in [0.1, 0.15) is 18.9 Å². The lowest BCUT2D eigenvalue weighted by atomic mass is 9.98. The summed E-state index contributed by atoms with van der Waals surface area (Å²) in [4.78, 5) is 8.46. The van der Waals surface area contributed by atoms with Crippen molar-refractivity contribution in [1.29, 1.82) is 0 Å². The Balaban J connectivity index is 2.42. The van der Waals surface area contributed by atoms with E-state index in [1.165, 1.54) is 6.33 Å². The summed E-state index contributed by atoms with van der Waals surface area (Å²) in [5.41, 5.74) is 1.29. The molecule has 5 nitrogen and oxygen atoms in total. The highest BCUT2D eigenvalue weighted by molar-refractivity contribution is 7.18. The highest BCUT2D eigenvalue weighted by Crippen LogP contribution is 2.30. The second kappa shape index (κ2) is 5.17. The molecule has 6 heteroatoms. The lowest BCUT2D eigenvalue weighted by Crippen LogP contribution is -2.45. The Hall–Kier alpha value is -1.24. The SMILES string of the molecule is CCC(CO)(CO)Nc1ncnc2c(C)csc12. The van der Waals surface area contributed by atoms with Crippen LogP contribution in [0.5, 0.6) is 0 Å². The van der Waals surface area contributed by atoms with E-state index in [1.54, 1.807) is 11.3 Å². The first kappa shape index (κ1) is 13.2. The molecule has 0 bridgehead atoms. The molecule has 18 heavy (non-hydrogen) atoms. The number of nitrogens with zero attached hydrogens (tertiary/aromatic N) is 2. The summed E-state index contributed by atoms with van der Waals surface area (Å²) in [5.74, 6) is 0.669. The van der Waals surface area contributed by atoms with Crippen LogP contribution >= 0.6 is 11.3 Å². The normalized spacial score (nSPS) is 12.0. The van der Waals surface area contributed by atoms with Gasteiger partial charge in [-0.3, -0.25) is 0 Å². The smallest absolute Gasteiger partial charge is 0.148 e. The molecule has 0 saturated carbocycles. The summed E-state index contributed by atoms with van der Waals surface area (Å²) in [6.07, 6.45) is 2.11. The Morgan fingerprint density at radius 2 is 2.06 bits per heavy atom. The van der Waals surface area contributed by atoms with Gasteiger partial charge in [0.25, 0.3) is 0 Å². The van der Waals surface area contributed by atoms with Gasteiger partial charge in [-0.15, -0.1) is 11.3 Å². The number of hydrogen-bond donors (Lipinski definition) is 3. The van der Waals surface area contributed by atoms with Gasteiger partial charge in [-0.25, -0.2) is 9.97 Å². The Morgan fingerprint density at radius 1 is 1.33 bits per heavy atom. The van der Waals surface area contributed by atoms with Crippen molar-refractivity contribution < 1.29 is 10.2 Å². The number of aromatic nitrogens is 2. The number of rotatable bonds is 5. The maximum absolute atomic E-state index is 9.45. The van der Waals surface area contributed by atoms with E-state index in [0.29, 0.717) is 12.2 Å². The van der Waals surface area contributed by atoms with Gasteiger partial charge < -0.3 is 15.5 Å². The van der Waals surface area contributed by atoms with Crippen LogP contribution in [0.25, 0.3) is 10.2 Å². The van der Waals surface area contributed by atoms with E-state index in [2.05, 4.69) is 15.3 Å². The zero-order valence-corrected chi connectivity index (χ0v) is 11.3. The highest BCUT2D eigenvalue weighted by Gasteiger charge is 2.27. The minimum absolute atomic E-state index is 0.143. The van der Waals surface area contributed by atoms with Crippen LogP contribution in [0, 0.1) is 6.92 Å². The molecule has 2 aromatic heterocycles. The topological polar surface area (TPSA) is 78.3 Å². The third kappa shape index (κ3) is 2.19. The zero-order chi connectivity index (χ0) is 13.2. The van der Waals surface area contributed by atoms with Gasteiger partial charge in [-0.05, 0) is 24.3 Å². The lowest BCUT2D eigenvalue weighted by Gasteiger charge is -2.30. The Labute approximate surface area is 110 Å². The van der Waals surface area contributed by atoms with E-state index < -0.39 is 5.54 Å². The molecule has 2 aromatic rings. The quantitative estimate of drug-likeness (QED) is 0.766. The fourth-order valence-corrected chi connectivity index (χ4v) is 2.70. The van der Waals surface area contributed by atoms with Crippen LogP contribution in [-0.4, -0.2) is 38.9 Å². The molecule has 0 fully saturated rings. The average molecular weight is 267 g/mol. The molecule has 3 N–H and O–H groups in total. The summed E-state index contributed by atoms with van der Waals surface area (Å²) in [7, 11) is 0. The number of thiophene rings is 1. The van der Waals surface area contributed by atoms with Crippen molar-refractivity contribution in [3.63, 3.8) is 0 Å². The van der Waals surface area contributed by atoms with E-state index >= 15 is 0 Å². The molecule has 0 aliphatic rings. The van der Waals surface area contributed by atoms with Crippen molar-refractivity contribution >= 4 is 27.4 Å². The number of anilines is 1. The second-order valence-electron chi connectivity index (χ2n) is 4.39. The molecule has 0 aromatic carbocycles. The van der Waals surface area contributed by atoms with E-state index in [9.17, 15) is 10.2 Å². The van der Waals surface area contributed by atoms with Gasteiger partial charge in [0.15, 0.2) is 0 Å².